The molecule has 7 heteroatoms. The van der Waals surface area contributed by atoms with E-state index in [1.807, 2.05) is 0 Å². The van der Waals surface area contributed by atoms with Crippen LogP contribution in [0, 0.1) is 0 Å². The first-order valence-electron chi connectivity index (χ1n) is 4.07. The fraction of sp³-hybridized carbons (Fsp3) is 0.222. The van der Waals surface area contributed by atoms with Gasteiger partial charge < -0.3 is 14.7 Å². The Kier molecular flexibility index (Phi) is 3.60. The average Bonchev–Trinajstić information content (AvgIpc) is 2.16. The second kappa shape index (κ2) is 4.73. The van der Waals surface area contributed by atoms with Crippen molar-refractivity contribution >= 4 is 6.21 Å². The van der Waals surface area contributed by atoms with Gasteiger partial charge in [0.25, 0.3) is 0 Å². The Morgan fingerprint density at radius 1 is 1.38 bits per heavy atom. The number of hydrogen-bond acceptors (Lipinski definition) is 4. The van der Waals surface area contributed by atoms with E-state index in [1.54, 1.807) is 0 Å². The Labute approximate surface area is 88.9 Å². The molecule has 0 heterocycles. The summed E-state index contributed by atoms with van der Waals surface area (Å²) in [5.74, 6) is -0.143. The van der Waals surface area contributed by atoms with Crippen LogP contribution < -0.4 is 9.47 Å². The van der Waals surface area contributed by atoms with Crippen LogP contribution in [0.15, 0.2) is 23.4 Å². The molecule has 88 valence electrons. The van der Waals surface area contributed by atoms with Crippen molar-refractivity contribution in [2.45, 2.75) is 6.36 Å². The predicted molar refractivity (Wildman–Crippen MR) is 49.1 cm³/mol. The van der Waals surface area contributed by atoms with E-state index in [2.05, 4.69) is 9.89 Å². The summed E-state index contributed by atoms with van der Waals surface area (Å²) in [6, 6.07) is 3.42. The van der Waals surface area contributed by atoms with E-state index in [0.717, 1.165) is 18.3 Å². The van der Waals surface area contributed by atoms with E-state index in [9.17, 15) is 13.2 Å². The third-order valence-electron chi connectivity index (χ3n) is 1.63. The smallest absolute Gasteiger partial charge is 0.496 e. The SMILES string of the molecule is COc1ccc(OC(F)(F)F)cc1C=NO. The lowest BCUT2D eigenvalue weighted by Crippen LogP contribution is -2.17. The van der Waals surface area contributed by atoms with Crippen LogP contribution in [-0.4, -0.2) is 24.9 Å². The predicted octanol–water partition coefficient (Wildman–Crippen LogP) is 2.40. The number of alkyl halides is 3. The van der Waals surface area contributed by atoms with Gasteiger partial charge in [-0.2, -0.15) is 0 Å². The molecule has 0 fully saturated rings. The minimum atomic E-state index is -4.76. The van der Waals surface area contributed by atoms with E-state index in [1.165, 1.54) is 13.2 Å². The van der Waals surface area contributed by atoms with Crippen LogP contribution in [0.3, 0.4) is 0 Å². The van der Waals surface area contributed by atoms with Gasteiger partial charge in [-0.05, 0) is 18.2 Å². The number of oxime groups is 1. The van der Waals surface area contributed by atoms with Crippen LogP contribution in [0.1, 0.15) is 5.56 Å². The van der Waals surface area contributed by atoms with Gasteiger partial charge in [0.2, 0.25) is 0 Å². The zero-order valence-corrected chi connectivity index (χ0v) is 8.15. The molecule has 0 radical (unpaired) electrons. The summed E-state index contributed by atoms with van der Waals surface area (Å²) < 4.78 is 44.2. The van der Waals surface area contributed by atoms with Gasteiger partial charge in [0, 0.05) is 5.56 Å². The standard InChI is InChI=1S/C9H8F3NO3/c1-15-8-3-2-7(16-9(10,11)12)4-6(8)5-13-14/h2-5,14H,1H3. The Balaban J connectivity index is 3.02. The van der Waals surface area contributed by atoms with Gasteiger partial charge in [0.05, 0.1) is 13.3 Å². The fourth-order valence-corrected chi connectivity index (χ4v) is 1.07. The Morgan fingerprint density at radius 3 is 2.56 bits per heavy atom. The van der Waals surface area contributed by atoms with Gasteiger partial charge in [-0.25, -0.2) is 0 Å². The van der Waals surface area contributed by atoms with Crippen LogP contribution in [0.4, 0.5) is 13.2 Å². The van der Waals surface area contributed by atoms with Gasteiger partial charge in [-0.3, -0.25) is 0 Å². The highest BCUT2D eigenvalue weighted by molar-refractivity contribution is 5.83. The quantitative estimate of drug-likeness (QED) is 0.497. The third-order valence-corrected chi connectivity index (χ3v) is 1.63. The van der Waals surface area contributed by atoms with Crippen LogP contribution in [0.25, 0.3) is 0 Å². The van der Waals surface area contributed by atoms with E-state index in [4.69, 9.17) is 9.94 Å². The zero-order valence-electron chi connectivity index (χ0n) is 8.15. The summed E-state index contributed by atoms with van der Waals surface area (Å²) in [7, 11) is 1.34. The minimum Gasteiger partial charge on any atom is -0.496 e. The van der Waals surface area contributed by atoms with Crippen molar-refractivity contribution < 1.29 is 27.9 Å². The van der Waals surface area contributed by atoms with Gasteiger partial charge >= 0.3 is 6.36 Å². The highest BCUT2D eigenvalue weighted by Crippen LogP contribution is 2.27. The molecule has 1 N–H and O–H groups in total. The number of methoxy groups -OCH3 is 1. The first-order valence-corrected chi connectivity index (χ1v) is 4.07. The number of nitrogens with zero attached hydrogens (tertiary/aromatic N) is 1. The maximum atomic E-state index is 11.9. The maximum absolute atomic E-state index is 11.9. The molecule has 16 heavy (non-hydrogen) atoms. The van der Waals surface area contributed by atoms with Crippen molar-refractivity contribution in [2.75, 3.05) is 7.11 Å². The number of rotatable bonds is 3. The summed E-state index contributed by atoms with van der Waals surface area (Å²) in [6.07, 6.45) is -3.82. The van der Waals surface area contributed by atoms with Gasteiger partial charge in [0.15, 0.2) is 0 Å². The summed E-state index contributed by atoms with van der Waals surface area (Å²) in [4.78, 5) is 0. The Morgan fingerprint density at radius 2 is 2.06 bits per heavy atom. The molecule has 0 unspecified atom stereocenters. The molecular weight excluding hydrogens is 227 g/mol. The van der Waals surface area contributed by atoms with E-state index in [0.29, 0.717) is 0 Å². The van der Waals surface area contributed by atoms with Crippen LogP contribution >= 0.6 is 0 Å². The molecule has 1 aromatic carbocycles. The van der Waals surface area contributed by atoms with Crippen molar-refractivity contribution in [1.29, 1.82) is 0 Å². The first-order chi connectivity index (χ1) is 7.46. The molecule has 0 amide bonds. The molecule has 0 atom stereocenters. The molecule has 0 bridgehead atoms. The normalized spacial score (nSPS) is 11.8. The molecule has 1 aromatic rings. The largest absolute Gasteiger partial charge is 0.573 e. The first kappa shape index (κ1) is 12.2. The summed E-state index contributed by atoms with van der Waals surface area (Å²) in [5, 5.41) is 11.0. The maximum Gasteiger partial charge on any atom is 0.573 e. The summed E-state index contributed by atoms with van der Waals surface area (Å²) in [6.45, 7) is 0. The number of benzene rings is 1. The lowest BCUT2D eigenvalue weighted by Gasteiger charge is -2.10. The molecule has 0 aliphatic rings. The average molecular weight is 235 g/mol. The van der Waals surface area contributed by atoms with Crippen molar-refractivity contribution in [3.8, 4) is 11.5 Å². The minimum absolute atomic E-state index is 0.173. The van der Waals surface area contributed by atoms with Crippen LogP contribution in [0.2, 0.25) is 0 Å². The second-order valence-corrected chi connectivity index (χ2v) is 2.70. The fourth-order valence-electron chi connectivity index (χ4n) is 1.07. The molecular formula is C9H8F3NO3. The topological polar surface area (TPSA) is 51.0 Å². The molecule has 0 saturated heterocycles. The van der Waals surface area contributed by atoms with Gasteiger partial charge in [0.1, 0.15) is 11.5 Å². The summed E-state index contributed by atoms with van der Waals surface area (Å²) >= 11 is 0. The summed E-state index contributed by atoms with van der Waals surface area (Å²) in [5.41, 5.74) is 0.173. The van der Waals surface area contributed by atoms with Crippen molar-refractivity contribution in [2.24, 2.45) is 5.16 Å². The Hall–Kier alpha value is -1.92. The number of ether oxygens (including phenoxy) is 2. The van der Waals surface area contributed by atoms with Crippen LogP contribution in [0.5, 0.6) is 11.5 Å². The Bertz CT molecular complexity index is 390. The molecule has 0 aromatic heterocycles. The van der Waals surface area contributed by atoms with Crippen molar-refractivity contribution in [1.82, 2.24) is 0 Å². The lowest BCUT2D eigenvalue weighted by molar-refractivity contribution is -0.274. The number of hydrogen-bond donors (Lipinski definition) is 1. The molecule has 0 aliphatic carbocycles. The third kappa shape index (κ3) is 3.34. The molecule has 0 aliphatic heterocycles. The van der Waals surface area contributed by atoms with E-state index < -0.39 is 12.1 Å². The van der Waals surface area contributed by atoms with Crippen molar-refractivity contribution in [3.05, 3.63) is 23.8 Å². The molecule has 0 spiro atoms. The lowest BCUT2D eigenvalue weighted by atomic mass is 10.2. The molecule has 4 nitrogen and oxygen atoms in total. The molecule has 1 rings (SSSR count). The zero-order chi connectivity index (χ0) is 12.2. The van der Waals surface area contributed by atoms with Crippen LogP contribution in [-0.2, 0) is 0 Å². The monoisotopic (exact) mass is 235 g/mol. The number of halogens is 3. The highest BCUT2D eigenvalue weighted by atomic mass is 19.4. The second-order valence-electron chi connectivity index (χ2n) is 2.70. The van der Waals surface area contributed by atoms with E-state index >= 15 is 0 Å². The van der Waals surface area contributed by atoms with Gasteiger partial charge in [-0.15, -0.1) is 13.2 Å². The highest BCUT2D eigenvalue weighted by Gasteiger charge is 2.31. The molecule has 0 saturated carbocycles. The van der Waals surface area contributed by atoms with Crippen molar-refractivity contribution in [3.63, 3.8) is 0 Å². The van der Waals surface area contributed by atoms with E-state index in [-0.39, 0.29) is 11.3 Å². The van der Waals surface area contributed by atoms with Gasteiger partial charge in [-0.1, -0.05) is 5.16 Å².